The van der Waals surface area contributed by atoms with Gasteiger partial charge in [-0.2, -0.15) is 0 Å². The van der Waals surface area contributed by atoms with Crippen LogP contribution in [0.5, 0.6) is 11.5 Å². The minimum Gasteiger partial charge on any atom is -0.453 e. The van der Waals surface area contributed by atoms with Crippen LogP contribution in [0, 0.1) is 5.82 Å². The van der Waals surface area contributed by atoms with Crippen LogP contribution >= 0.6 is 23.2 Å². The summed E-state index contributed by atoms with van der Waals surface area (Å²) in [4.78, 5) is 0. The van der Waals surface area contributed by atoms with Crippen molar-refractivity contribution < 1.29 is 14.3 Å². The summed E-state index contributed by atoms with van der Waals surface area (Å²) in [5.74, 6) is -0.695. The van der Waals surface area contributed by atoms with E-state index >= 15 is 0 Å². The summed E-state index contributed by atoms with van der Waals surface area (Å²) in [5, 5.41) is 11.8. The molecule has 0 unspecified atom stereocenters. The SMILES string of the molecule is N/C(=N\O)c1ccc(Oc2cccc(Cl)c2Cl)c(F)c1. The normalized spacial score (nSPS) is 11.4. The molecule has 0 saturated carbocycles. The highest BCUT2D eigenvalue weighted by atomic mass is 35.5. The van der Waals surface area contributed by atoms with Gasteiger partial charge in [0.2, 0.25) is 0 Å². The Morgan fingerprint density at radius 3 is 2.60 bits per heavy atom. The Morgan fingerprint density at radius 1 is 1.20 bits per heavy atom. The molecule has 0 amide bonds. The van der Waals surface area contributed by atoms with E-state index in [1.807, 2.05) is 0 Å². The van der Waals surface area contributed by atoms with Crippen molar-refractivity contribution in [3.05, 3.63) is 57.8 Å². The largest absolute Gasteiger partial charge is 0.453 e. The molecule has 2 aromatic carbocycles. The minimum atomic E-state index is -0.676. The highest BCUT2D eigenvalue weighted by Crippen LogP contribution is 2.35. The van der Waals surface area contributed by atoms with E-state index < -0.39 is 5.82 Å². The van der Waals surface area contributed by atoms with Crippen LogP contribution in [0.4, 0.5) is 4.39 Å². The van der Waals surface area contributed by atoms with Crippen molar-refractivity contribution in [3.63, 3.8) is 0 Å². The molecule has 0 radical (unpaired) electrons. The number of rotatable bonds is 3. The molecule has 20 heavy (non-hydrogen) atoms. The second-order valence-corrected chi connectivity index (χ2v) is 4.57. The molecule has 3 N–H and O–H groups in total. The van der Waals surface area contributed by atoms with Gasteiger partial charge in [0.15, 0.2) is 17.4 Å². The smallest absolute Gasteiger partial charge is 0.170 e. The van der Waals surface area contributed by atoms with Crippen LogP contribution in [0.25, 0.3) is 0 Å². The average molecular weight is 315 g/mol. The molecule has 0 aromatic heterocycles. The molecular weight excluding hydrogens is 306 g/mol. The van der Waals surface area contributed by atoms with Gasteiger partial charge < -0.3 is 15.7 Å². The highest BCUT2D eigenvalue weighted by Gasteiger charge is 2.11. The number of halogens is 3. The van der Waals surface area contributed by atoms with Crippen molar-refractivity contribution in [1.29, 1.82) is 0 Å². The molecule has 2 aromatic rings. The van der Waals surface area contributed by atoms with Crippen molar-refractivity contribution in [1.82, 2.24) is 0 Å². The van der Waals surface area contributed by atoms with Crippen LogP contribution in [0.2, 0.25) is 10.0 Å². The Bertz CT molecular complexity index is 677. The maximum Gasteiger partial charge on any atom is 0.170 e. The molecule has 0 aliphatic heterocycles. The number of nitrogens with two attached hydrogens (primary N) is 1. The van der Waals surface area contributed by atoms with E-state index in [4.69, 9.17) is 38.9 Å². The second-order valence-electron chi connectivity index (χ2n) is 3.78. The molecule has 0 heterocycles. The van der Waals surface area contributed by atoms with Gasteiger partial charge in [0.25, 0.3) is 0 Å². The maximum atomic E-state index is 13.9. The number of nitrogens with zero attached hydrogens (tertiary/aromatic N) is 1. The minimum absolute atomic E-state index is 0.0522. The Balaban J connectivity index is 2.33. The molecule has 104 valence electrons. The van der Waals surface area contributed by atoms with Crippen LogP contribution in [0.15, 0.2) is 41.6 Å². The summed E-state index contributed by atoms with van der Waals surface area (Å²) in [6.45, 7) is 0. The van der Waals surface area contributed by atoms with E-state index in [-0.39, 0.29) is 27.9 Å². The first kappa shape index (κ1) is 14.4. The lowest BCUT2D eigenvalue weighted by atomic mass is 10.2. The lowest BCUT2D eigenvalue weighted by Crippen LogP contribution is -2.13. The summed E-state index contributed by atoms with van der Waals surface area (Å²) in [6, 6.07) is 8.67. The first-order valence-corrected chi connectivity index (χ1v) is 6.18. The summed E-state index contributed by atoms with van der Waals surface area (Å²) >= 11 is 11.8. The Morgan fingerprint density at radius 2 is 1.95 bits per heavy atom. The fraction of sp³-hybridized carbons (Fsp3) is 0. The standard InChI is InChI=1S/C13H9Cl2FN2O2/c14-8-2-1-3-11(12(8)15)20-10-5-4-7(6-9(10)16)13(17)18-19/h1-6,19H,(H2,17,18). The third-order valence-corrected chi connectivity index (χ3v) is 3.27. The van der Waals surface area contributed by atoms with Gasteiger partial charge in [0.1, 0.15) is 10.8 Å². The van der Waals surface area contributed by atoms with Gasteiger partial charge in [0.05, 0.1) is 5.02 Å². The fourth-order valence-electron chi connectivity index (χ4n) is 1.48. The van der Waals surface area contributed by atoms with E-state index in [0.29, 0.717) is 5.02 Å². The molecule has 4 nitrogen and oxygen atoms in total. The lowest BCUT2D eigenvalue weighted by Gasteiger charge is -2.10. The first-order chi connectivity index (χ1) is 9.52. The molecule has 7 heteroatoms. The first-order valence-electron chi connectivity index (χ1n) is 5.42. The summed E-state index contributed by atoms with van der Waals surface area (Å²) in [7, 11) is 0. The zero-order valence-corrected chi connectivity index (χ0v) is 11.5. The molecule has 0 bridgehead atoms. The zero-order valence-electron chi connectivity index (χ0n) is 9.98. The lowest BCUT2D eigenvalue weighted by molar-refractivity contribution is 0.318. The summed E-state index contributed by atoms with van der Waals surface area (Å²) in [6.07, 6.45) is 0. The number of hydrogen-bond acceptors (Lipinski definition) is 3. The van der Waals surface area contributed by atoms with Gasteiger partial charge in [-0.05, 0) is 30.3 Å². The molecule has 0 spiro atoms. The number of ether oxygens (including phenoxy) is 1. The predicted molar refractivity (Wildman–Crippen MR) is 75.4 cm³/mol. The Hall–Kier alpha value is -1.98. The third kappa shape index (κ3) is 2.95. The van der Waals surface area contributed by atoms with Crippen molar-refractivity contribution in [2.45, 2.75) is 0 Å². The highest BCUT2D eigenvalue weighted by molar-refractivity contribution is 6.42. The fourth-order valence-corrected chi connectivity index (χ4v) is 1.81. The Kier molecular flexibility index (Phi) is 4.32. The molecule has 2 rings (SSSR count). The van der Waals surface area contributed by atoms with Crippen LogP contribution in [0.1, 0.15) is 5.56 Å². The van der Waals surface area contributed by atoms with E-state index in [0.717, 1.165) is 6.07 Å². The summed E-state index contributed by atoms with van der Waals surface area (Å²) in [5.41, 5.74) is 5.59. The van der Waals surface area contributed by atoms with Crippen molar-refractivity contribution in [3.8, 4) is 11.5 Å². The van der Waals surface area contributed by atoms with Crippen LogP contribution in [-0.2, 0) is 0 Å². The van der Waals surface area contributed by atoms with Crippen molar-refractivity contribution in [2.24, 2.45) is 10.9 Å². The molecular formula is C13H9Cl2FN2O2. The zero-order chi connectivity index (χ0) is 14.7. The van der Waals surface area contributed by atoms with Gasteiger partial charge in [-0.1, -0.05) is 34.4 Å². The molecule has 0 fully saturated rings. The van der Waals surface area contributed by atoms with Crippen LogP contribution in [0.3, 0.4) is 0 Å². The number of amidine groups is 1. The molecule has 0 aliphatic carbocycles. The van der Waals surface area contributed by atoms with Gasteiger partial charge in [-0.15, -0.1) is 0 Å². The Labute approximate surface area is 124 Å². The van der Waals surface area contributed by atoms with Crippen molar-refractivity contribution >= 4 is 29.0 Å². The van der Waals surface area contributed by atoms with E-state index in [9.17, 15) is 4.39 Å². The quantitative estimate of drug-likeness (QED) is 0.389. The van der Waals surface area contributed by atoms with E-state index in [2.05, 4.69) is 5.16 Å². The molecule has 0 saturated heterocycles. The summed E-state index contributed by atoms with van der Waals surface area (Å²) < 4.78 is 19.2. The van der Waals surface area contributed by atoms with Crippen LogP contribution in [-0.4, -0.2) is 11.0 Å². The monoisotopic (exact) mass is 314 g/mol. The average Bonchev–Trinajstić information content (AvgIpc) is 2.45. The van der Waals surface area contributed by atoms with Gasteiger partial charge in [-0.3, -0.25) is 0 Å². The topological polar surface area (TPSA) is 67.8 Å². The third-order valence-electron chi connectivity index (χ3n) is 2.47. The molecule has 0 aliphatic rings. The van der Waals surface area contributed by atoms with Gasteiger partial charge >= 0.3 is 0 Å². The van der Waals surface area contributed by atoms with Gasteiger partial charge in [0, 0.05) is 5.56 Å². The number of hydrogen-bond donors (Lipinski definition) is 2. The molecule has 0 atom stereocenters. The van der Waals surface area contributed by atoms with Gasteiger partial charge in [-0.25, -0.2) is 4.39 Å². The van der Waals surface area contributed by atoms with Crippen molar-refractivity contribution in [2.75, 3.05) is 0 Å². The predicted octanol–water partition coefficient (Wildman–Crippen LogP) is 4.02. The number of oxime groups is 1. The van der Waals surface area contributed by atoms with E-state index in [1.54, 1.807) is 18.2 Å². The van der Waals surface area contributed by atoms with Crippen LogP contribution < -0.4 is 10.5 Å². The maximum absolute atomic E-state index is 13.9. The number of benzene rings is 2. The second kappa shape index (κ2) is 5.98. The van der Waals surface area contributed by atoms with E-state index in [1.165, 1.54) is 12.1 Å².